The van der Waals surface area contributed by atoms with Gasteiger partial charge in [0, 0.05) is 31.3 Å². The smallest absolute Gasteiger partial charge is 0.348 e. The Balaban J connectivity index is 1.29. The molecule has 3 heterocycles. The summed E-state index contributed by atoms with van der Waals surface area (Å²) in [6.07, 6.45) is -1.22. The summed E-state index contributed by atoms with van der Waals surface area (Å²) in [6, 6.07) is 6.26. The predicted molar refractivity (Wildman–Crippen MR) is 137 cm³/mol. The van der Waals surface area contributed by atoms with Gasteiger partial charge in [0.05, 0.1) is 15.9 Å². The van der Waals surface area contributed by atoms with Crippen LogP contribution in [0.1, 0.15) is 42.4 Å². The normalized spacial score (nSPS) is 18.3. The third-order valence-electron chi connectivity index (χ3n) is 7.82. The molecule has 38 heavy (non-hydrogen) atoms. The lowest BCUT2D eigenvalue weighted by Gasteiger charge is -2.47. The lowest BCUT2D eigenvalue weighted by Crippen LogP contribution is -2.47. The van der Waals surface area contributed by atoms with Crippen LogP contribution in [0.5, 0.6) is 0 Å². The summed E-state index contributed by atoms with van der Waals surface area (Å²) >= 11 is 0.883. The van der Waals surface area contributed by atoms with Crippen LogP contribution < -0.4 is 10.5 Å². The van der Waals surface area contributed by atoms with Crippen molar-refractivity contribution in [1.82, 2.24) is 9.88 Å². The molecule has 2 aliphatic heterocycles. The van der Waals surface area contributed by atoms with Gasteiger partial charge in [-0.15, -0.1) is 0 Å². The maximum Gasteiger partial charge on any atom is 0.416 e. The number of alkyl halides is 3. The number of nitrogens with zero attached hydrogens (tertiary/aromatic N) is 4. The van der Waals surface area contributed by atoms with Crippen molar-refractivity contribution in [1.29, 1.82) is 0 Å². The van der Waals surface area contributed by atoms with E-state index in [0.29, 0.717) is 37.3 Å². The van der Waals surface area contributed by atoms with E-state index in [1.165, 1.54) is 6.07 Å². The maximum absolute atomic E-state index is 14.2. The first-order valence-electron chi connectivity index (χ1n) is 12.4. The van der Waals surface area contributed by atoms with E-state index in [1.54, 1.807) is 6.07 Å². The number of aryl methyl sites for hydroxylation is 1. The minimum Gasteiger partial charge on any atom is -0.348 e. The molecule has 2 aliphatic rings. The van der Waals surface area contributed by atoms with Crippen LogP contribution in [-0.4, -0.2) is 41.0 Å². The SMILES string of the molecule is Cc1ccc(F)c(CN2CCC3(CC2)CCN(c2nc(=O)c4cc(C(F)(F)F)cc([N+](=O)[O-])c4s2)CC3)c1. The van der Waals surface area contributed by atoms with E-state index in [1.807, 2.05) is 17.9 Å². The van der Waals surface area contributed by atoms with Crippen molar-refractivity contribution in [2.75, 3.05) is 31.1 Å². The highest BCUT2D eigenvalue weighted by Gasteiger charge is 2.39. The zero-order chi connectivity index (χ0) is 27.2. The van der Waals surface area contributed by atoms with Crippen LogP contribution in [0.25, 0.3) is 10.1 Å². The number of piperidine rings is 2. The number of benzene rings is 2. The van der Waals surface area contributed by atoms with Gasteiger partial charge >= 0.3 is 6.18 Å². The Kier molecular flexibility index (Phi) is 6.89. The predicted octanol–water partition coefficient (Wildman–Crippen LogP) is 5.91. The Labute approximate surface area is 219 Å². The first-order chi connectivity index (χ1) is 17.9. The molecule has 0 amide bonds. The lowest BCUT2D eigenvalue weighted by atomic mass is 9.71. The number of non-ortho nitro benzene ring substituents is 1. The molecule has 2 saturated heterocycles. The van der Waals surface area contributed by atoms with Gasteiger partial charge in [0.15, 0.2) is 5.13 Å². The van der Waals surface area contributed by atoms with Crippen molar-refractivity contribution in [3.8, 4) is 0 Å². The molecule has 202 valence electrons. The fourth-order valence-electron chi connectivity index (χ4n) is 5.50. The molecule has 1 aromatic heterocycles. The average Bonchev–Trinajstić information content (AvgIpc) is 2.87. The molecule has 7 nitrogen and oxygen atoms in total. The van der Waals surface area contributed by atoms with Crippen LogP contribution in [0.2, 0.25) is 0 Å². The van der Waals surface area contributed by atoms with Crippen LogP contribution >= 0.6 is 11.3 Å². The second-order valence-electron chi connectivity index (χ2n) is 10.3. The molecule has 0 radical (unpaired) electrons. The highest BCUT2D eigenvalue weighted by molar-refractivity contribution is 7.22. The van der Waals surface area contributed by atoms with Crippen LogP contribution in [-0.2, 0) is 12.7 Å². The van der Waals surface area contributed by atoms with Crippen molar-refractivity contribution in [2.24, 2.45) is 5.41 Å². The van der Waals surface area contributed by atoms with E-state index in [4.69, 9.17) is 0 Å². The van der Waals surface area contributed by atoms with Crippen LogP contribution in [0, 0.1) is 28.3 Å². The molecule has 0 unspecified atom stereocenters. The Morgan fingerprint density at radius 2 is 1.74 bits per heavy atom. The van der Waals surface area contributed by atoms with E-state index in [0.717, 1.165) is 55.7 Å². The van der Waals surface area contributed by atoms with E-state index in [-0.39, 0.29) is 21.1 Å². The molecular weight excluding hydrogens is 524 g/mol. The summed E-state index contributed by atoms with van der Waals surface area (Å²) in [5, 5.41) is 11.4. The van der Waals surface area contributed by atoms with Crippen LogP contribution in [0.4, 0.5) is 28.4 Å². The van der Waals surface area contributed by atoms with Crippen molar-refractivity contribution >= 4 is 32.2 Å². The lowest BCUT2D eigenvalue weighted by molar-refractivity contribution is -0.383. The Hall–Kier alpha value is -3.12. The van der Waals surface area contributed by atoms with Gasteiger partial charge < -0.3 is 4.90 Å². The summed E-state index contributed by atoms with van der Waals surface area (Å²) in [6.45, 7) is 5.40. The number of fused-ring (bicyclic) bond motifs is 1. The Bertz CT molecular complexity index is 1440. The number of hydrogen-bond acceptors (Lipinski definition) is 7. The van der Waals surface area contributed by atoms with Gasteiger partial charge in [0.25, 0.3) is 11.2 Å². The van der Waals surface area contributed by atoms with E-state index in [9.17, 15) is 32.5 Å². The monoisotopic (exact) mass is 550 g/mol. The largest absolute Gasteiger partial charge is 0.416 e. The van der Waals surface area contributed by atoms with Gasteiger partial charge in [-0.2, -0.15) is 18.2 Å². The van der Waals surface area contributed by atoms with Gasteiger partial charge in [-0.05, 0) is 63.2 Å². The van der Waals surface area contributed by atoms with Crippen LogP contribution in [0.15, 0.2) is 35.1 Å². The maximum atomic E-state index is 14.2. The minimum atomic E-state index is -4.82. The van der Waals surface area contributed by atoms with E-state index < -0.39 is 33.3 Å². The number of aromatic nitrogens is 1. The zero-order valence-electron chi connectivity index (χ0n) is 20.7. The van der Waals surface area contributed by atoms with Crippen molar-refractivity contribution in [2.45, 2.75) is 45.3 Å². The second-order valence-corrected chi connectivity index (χ2v) is 11.3. The van der Waals surface area contributed by atoms with Gasteiger partial charge in [0.2, 0.25) is 0 Å². The fourth-order valence-corrected chi connectivity index (χ4v) is 6.62. The first kappa shape index (κ1) is 26.5. The second kappa shape index (κ2) is 9.88. The molecule has 0 atom stereocenters. The molecule has 0 saturated carbocycles. The van der Waals surface area contributed by atoms with Crippen LogP contribution in [0.3, 0.4) is 0 Å². The highest BCUT2D eigenvalue weighted by atomic mass is 32.1. The molecular formula is C26H26F4N4O3S. The number of nitro groups is 1. The molecule has 3 aromatic rings. The first-order valence-corrected chi connectivity index (χ1v) is 13.2. The number of hydrogen-bond donors (Lipinski definition) is 0. The summed E-state index contributed by atoms with van der Waals surface area (Å²) in [5.41, 5.74) is -1.05. The quantitative estimate of drug-likeness (QED) is 0.228. The van der Waals surface area contributed by atoms with E-state index >= 15 is 0 Å². The highest BCUT2D eigenvalue weighted by Crippen LogP contribution is 2.44. The molecule has 2 aromatic carbocycles. The molecule has 2 fully saturated rings. The standard InChI is InChI=1S/C26H26F4N4O3S/c1-16-2-3-20(27)17(12-16)15-32-8-4-25(5-9-32)6-10-33(11-7-25)24-31-23(35)19-13-18(26(28,29)30)14-21(34(36)37)22(19)38-24/h2-3,12-14H,4-11,15H2,1H3. The number of likely N-dealkylation sites (tertiary alicyclic amines) is 1. The van der Waals surface area contributed by atoms with Gasteiger partial charge in [-0.1, -0.05) is 29.0 Å². The zero-order valence-corrected chi connectivity index (χ0v) is 21.5. The summed E-state index contributed by atoms with van der Waals surface area (Å²) in [7, 11) is 0. The third kappa shape index (κ3) is 5.24. The topological polar surface area (TPSA) is 79.6 Å². The van der Waals surface area contributed by atoms with Crippen molar-refractivity contribution < 1.29 is 22.5 Å². The summed E-state index contributed by atoms with van der Waals surface area (Å²) < 4.78 is 53.8. The van der Waals surface area contributed by atoms with Gasteiger partial charge in [0.1, 0.15) is 10.5 Å². The Morgan fingerprint density at radius 1 is 1.08 bits per heavy atom. The van der Waals surface area contributed by atoms with Crippen molar-refractivity contribution in [3.05, 3.63) is 73.3 Å². The van der Waals surface area contributed by atoms with Gasteiger partial charge in [-0.25, -0.2) is 4.39 Å². The number of halogens is 4. The molecule has 0 bridgehead atoms. The molecule has 0 aliphatic carbocycles. The molecule has 1 spiro atoms. The third-order valence-corrected chi connectivity index (χ3v) is 8.99. The van der Waals surface area contributed by atoms with Gasteiger partial charge in [-0.3, -0.25) is 19.8 Å². The summed E-state index contributed by atoms with van der Waals surface area (Å²) in [5.74, 6) is -0.194. The average molecular weight is 551 g/mol. The minimum absolute atomic E-state index is 0.102. The Morgan fingerprint density at radius 3 is 2.37 bits per heavy atom. The fraction of sp³-hybridized carbons (Fsp3) is 0.462. The number of nitro benzene ring substituents is 1. The molecule has 0 N–H and O–H groups in total. The summed E-state index contributed by atoms with van der Waals surface area (Å²) in [4.78, 5) is 31.5. The van der Waals surface area contributed by atoms with Crippen molar-refractivity contribution in [3.63, 3.8) is 0 Å². The number of anilines is 1. The number of rotatable bonds is 4. The molecule has 12 heteroatoms. The molecule has 5 rings (SSSR count). The van der Waals surface area contributed by atoms with E-state index in [2.05, 4.69) is 9.88 Å².